The van der Waals surface area contributed by atoms with E-state index in [1.165, 1.54) is 18.2 Å². The van der Waals surface area contributed by atoms with Crippen molar-refractivity contribution in [1.29, 1.82) is 0 Å². The summed E-state index contributed by atoms with van der Waals surface area (Å²) in [6, 6.07) is 4.14. The van der Waals surface area contributed by atoms with E-state index in [0.29, 0.717) is 35.0 Å². The number of carbonyl (C=O) groups is 2. The van der Waals surface area contributed by atoms with E-state index in [0.717, 1.165) is 17.8 Å². The van der Waals surface area contributed by atoms with Gasteiger partial charge in [0, 0.05) is 23.2 Å². The number of ether oxygens (including phenoxy) is 1. The number of rotatable bonds is 3. The van der Waals surface area contributed by atoms with Crippen molar-refractivity contribution in [2.75, 3.05) is 19.7 Å². The molecule has 0 N–H and O–H groups in total. The van der Waals surface area contributed by atoms with E-state index >= 15 is 0 Å². The molecule has 1 aromatic heterocycles. The van der Waals surface area contributed by atoms with Crippen molar-refractivity contribution in [3.8, 4) is 0 Å². The molecule has 1 amide bonds. The minimum atomic E-state index is -0.655. The number of piperidine rings is 1. The number of likely N-dealkylation sites (tertiary alicyclic amines) is 1. The first-order valence-corrected chi connectivity index (χ1v) is 9.37. The van der Waals surface area contributed by atoms with Crippen LogP contribution in [-0.4, -0.2) is 36.5 Å². The Kier molecular flexibility index (Phi) is 5.29. The van der Waals surface area contributed by atoms with Gasteiger partial charge in [-0.2, -0.15) is 0 Å². The van der Waals surface area contributed by atoms with Crippen LogP contribution in [0.3, 0.4) is 0 Å². The topological polar surface area (TPSA) is 46.6 Å². The number of fused-ring (bicyclic) bond motifs is 1. The average molecular weight is 384 g/mol. The third-order valence-corrected chi connectivity index (χ3v) is 5.96. The Balaban J connectivity index is 1.66. The van der Waals surface area contributed by atoms with Crippen molar-refractivity contribution in [3.05, 3.63) is 33.9 Å². The van der Waals surface area contributed by atoms with E-state index in [-0.39, 0.29) is 22.4 Å². The number of amides is 1. The molecule has 1 aliphatic heterocycles. The Labute approximate surface area is 154 Å². The lowest BCUT2D eigenvalue weighted by Gasteiger charge is -2.34. The third-order valence-electron chi connectivity index (χ3n) is 4.33. The van der Waals surface area contributed by atoms with Gasteiger partial charge in [0.05, 0.1) is 5.02 Å². The molecule has 0 aliphatic carbocycles. The van der Waals surface area contributed by atoms with Gasteiger partial charge in [0.25, 0.3) is 5.91 Å². The summed E-state index contributed by atoms with van der Waals surface area (Å²) in [5.74, 6) is -0.368. The number of nitrogens with zero attached hydrogens (tertiary/aromatic N) is 1. The Morgan fingerprint density at radius 3 is 2.68 bits per heavy atom. The molecule has 1 saturated heterocycles. The molecule has 2 unspecified atom stereocenters. The second kappa shape index (κ2) is 7.30. The summed E-state index contributed by atoms with van der Waals surface area (Å²) < 4.78 is 19.0. The lowest BCUT2D eigenvalue weighted by Crippen LogP contribution is -2.44. The lowest BCUT2D eigenvalue weighted by atomic mass is 9.92. The smallest absolute Gasteiger partial charge is 0.350 e. The quantitative estimate of drug-likeness (QED) is 0.740. The molecule has 0 radical (unpaired) electrons. The highest BCUT2D eigenvalue weighted by atomic mass is 35.5. The van der Waals surface area contributed by atoms with Crippen molar-refractivity contribution in [2.45, 2.75) is 20.3 Å². The fourth-order valence-corrected chi connectivity index (χ4v) is 4.75. The van der Waals surface area contributed by atoms with Gasteiger partial charge < -0.3 is 9.64 Å². The fourth-order valence-electron chi connectivity index (χ4n) is 3.32. The molecule has 134 valence electrons. The Morgan fingerprint density at radius 1 is 1.32 bits per heavy atom. The standard InChI is InChI=1S/C18H19ClFNO3S/c1-10-5-11(2)8-21(7-10)15(22)9-24-18(23)17-16(19)13-4-3-12(20)6-14(13)25-17/h3-4,6,10-11H,5,7-9H2,1-2H3. The molecule has 4 nitrogen and oxygen atoms in total. The molecule has 1 fully saturated rings. The van der Waals surface area contributed by atoms with Gasteiger partial charge in [-0.15, -0.1) is 11.3 Å². The van der Waals surface area contributed by atoms with Crippen LogP contribution in [0.2, 0.25) is 5.02 Å². The van der Waals surface area contributed by atoms with Gasteiger partial charge in [0.2, 0.25) is 0 Å². The van der Waals surface area contributed by atoms with Crippen molar-refractivity contribution < 1.29 is 18.7 Å². The van der Waals surface area contributed by atoms with Gasteiger partial charge in [-0.05, 0) is 36.5 Å². The average Bonchev–Trinajstić information content (AvgIpc) is 2.87. The molecule has 3 rings (SSSR count). The summed E-state index contributed by atoms with van der Waals surface area (Å²) in [6.45, 7) is 5.28. The maximum Gasteiger partial charge on any atom is 0.350 e. The van der Waals surface area contributed by atoms with E-state index in [4.69, 9.17) is 16.3 Å². The monoisotopic (exact) mass is 383 g/mol. The lowest BCUT2D eigenvalue weighted by molar-refractivity contribution is -0.137. The maximum atomic E-state index is 13.3. The van der Waals surface area contributed by atoms with Crippen LogP contribution in [0.4, 0.5) is 4.39 Å². The Morgan fingerprint density at radius 2 is 2.00 bits per heavy atom. The normalized spacial score (nSPS) is 20.7. The van der Waals surface area contributed by atoms with Crippen molar-refractivity contribution in [3.63, 3.8) is 0 Å². The molecule has 2 atom stereocenters. The number of hydrogen-bond acceptors (Lipinski definition) is 4. The number of hydrogen-bond donors (Lipinski definition) is 0. The van der Waals surface area contributed by atoms with Crippen LogP contribution in [0.25, 0.3) is 10.1 Å². The van der Waals surface area contributed by atoms with Crippen LogP contribution < -0.4 is 0 Å². The van der Waals surface area contributed by atoms with E-state index in [2.05, 4.69) is 13.8 Å². The highest BCUT2D eigenvalue weighted by Crippen LogP contribution is 2.36. The van der Waals surface area contributed by atoms with Gasteiger partial charge in [-0.25, -0.2) is 9.18 Å². The number of halogens is 2. The highest BCUT2D eigenvalue weighted by Gasteiger charge is 2.27. The summed E-state index contributed by atoms with van der Waals surface area (Å²) in [5, 5.41) is 0.836. The molecule has 25 heavy (non-hydrogen) atoms. The Bertz CT molecular complexity index is 812. The van der Waals surface area contributed by atoms with Crippen molar-refractivity contribution in [1.82, 2.24) is 4.90 Å². The van der Waals surface area contributed by atoms with E-state index in [9.17, 15) is 14.0 Å². The first-order chi connectivity index (χ1) is 11.8. The van der Waals surface area contributed by atoms with Crippen LogP contribution >= 0.6 is 22.9 Å². The van der Waals surface area contributed by atoms with Crippen LogP contribution in [0.1, 0.15) is 29.9 Å². The van der Waals surface area contributed by atoms with Crippen LogP contribution in [0, 0.1) is 17.7 Å². The molecule has 7 heteroatoms. The van der Waals surface area contributed by atoms with Crippen molar-refractivity contribution >= 4 is 44.9 Å². The molecule has 2 aromatic rings. The number of esters is 1. The van der Waals surface area contributed by atoms with Gasteiger partial charge in [-0.3, -0.25) is 4.79 Å². The zero-order valence-corrected chi connectivity index (χ0v) is 15.6. The van der Waals surface area contributed by atoms with E-state index in [1.54, 1.807) is 4.90 Å². The zero-order chi connectivity index (χ0) is 18.1. The number of carbonyl (C=O) groups excluding carboxylic acids is 2. The first-order valence-electron chi connectivity index (χ1n) is 8.17. The largest absolute Gasteiger partial charge is 0.451 e. The minimum Gasteiger partial charge on any atom is -0.451 e. The van der Waals surface area contributed by atoms with Gasteiger partial charge in [-0.1, -0.05) is 25.4 Å². The van der Waals surface area contributed by atoms with Gasteiger partial charge in [0.1, 0.15) is 10.7 Å². The Hall–Kier alpha value is -1.66. The summed E-state index contributed by atoms with van der Waals surface area (Å²) in [4.78, 5) is 26.5. The SMILES string of the molecule is CC1CC(C)CN(C(=O)COC(=O)c2sc3cc(F)ccc3c2Cl)C1. The molecule has 2 heterocycles. The number of thiophene rings is 1. The highest BCUT2D eigenvalue weighted by molar-refractivity contribution is 7.21. The second-order valence-corrected chi connectivity index (χ2v) is 8.14. The second-order valence-electron chi connectivity index (χ2n) is 6.71. The van der Waals surface area contributed by atoms with Gasteiger partial charge in [0.15, 0.2) is 6.61 Å². The van der Waals surface area contributed by atoms with E-state index in [1.807, 2.05) is 0 Å². The molecule has 1 aromatic carbocycles. The van der Waals surface area contributed by atoms with Crippen LogP contribution in [-0.2, 0) is 9.53 Å². The summed E-state index contributed by atoms with van der Waals surface area (Å²) >= 11 is 7.26. The van der Waals surface area contributed by atoms with E-state index < -0.39 is 11.8 Å². The summed E-state index contributed by atoms with van der Waals surface area (Å²) in [6.07, 6.45) is 1.09. The minimum absolute atomic E-state index is 0.190. The fraction of sp³-hybridized carbons (Fsp3) is 0.444. The molecule has 0 bridgehead atoms. The van der Waals surface area contributed by atoms with Crippen LogP contribution in [0.15, 0.2) is 18.2 Å². The number of benzene rings is 1. The molecule has 0 saturated carbocycles. The summed E-state index contributed by atoms with van der Waals surface area (Å²) in [7, 11) is 0. The van der Waals surface area contributed by atoms with Crippen LogP contribution in [0.5, 0.6) is 0 Å². The van der Waals surface area contributed by atoms with Crippen molar-refractivity contribution in [2.24, 2.45) is 11.8 Å². The maximum absolute atomic E-state index is 13.3. The molecule has 1 aliphatic rings. The third kappa shape index (κ3) is 3.96. The predicted octanol–water partition coefficient (Wildman–Crippen LogP) is 4.36. The first kappa shape index (κ1) is 18.1. The molecule has 0 spiro atoms. The molecular weight excluding hydrogens is 365 g/mol. The summed E-state index contributed by atoms with van der Waals surface area (Å²) in [5.41, 5.74) is 0. The predicted molar refractivity (Wildman–Crippen MR) is 96.6 cm³/mol. The zero-order valence-electron chi connectivity index (χ0n) is 14.1. The van der Waals surface area contributed by atoms with Gasteiger partial charge >= 0.3 is 5.97 Å². The molecular formula is C18H19ClFNO3S.